The van der Waals surface area contributed by atoms with Crippen molar-refractivity contribution in [3.8, 4) is 0 Å². The van der Waals surface area contributed by atoms with Crippen LogP contribution < -0.4 is 10.6 Å². The van der Waals surface area contributed by atoms with Crippen molar-refractivity contribution in [2.75, 3.05) is 11.9 Å². The van der Waals surface area contributed by atoms with Crippen molar-refractivity contribution >= 4 is 40.7 Å². The van der Waals surface area contributed by atoms with Gasteiger partial charge < -0.3 is 10.6 Å². The van der Waals surface area contributed by atoms with Gasteiger partial charge in [-0.1, -0.05) is 42.3 Å². The zero-order valence-electron chi connectivity index (χ0n) is 12.4. The van der Waals surface area contributed by atoms with E-state index in [0.29, 0.717) is 17.3 Å². The van der Waals surface area contributed by atoms with Gasteiger partial charge in [-0.15, -0.1) is 0 Å². The molecule has 0 saturated heterocycles. The highest BCUT2D eigenvalue weighted by atomic mass is 35.5. The molecule has 7 heteroatoms. The number of nitrogens with one attached hydrogen (secondary N) is 2. The molecule has 2 amide bonds. The van der Waals surface area contributed by atoms with Gasteiger partial charge in [-0.3, -0.25) is 9.59 Å². The summed E-state index contributed by atoms with van der Waals surface area (Å²) in [6.07, 6.45) is 0.819. The van der Waals surface area contributed by atoms with Crippen LogP contribution in [-0.2, 0) is 0 Å². The molecule has 2 N–H and O–H groups in total. The van der Waals surface area contributed by atoms with Crippen LogP contribution in [0.2, 0.25) is 10.0 Å². The Morgan fingerprint density at radius 1 is 1.04 bits per heavy atom. The number of hydrogen-bond donors (Lipinski definition) is 2. The summed E-state index contributed by atoms with van der Waals surface area (Å²) in [6.45, 7) is 2.50. The van der Waals surface area contributed by atoms with E-state index in [2.05, 4.69) is 15.6 Å². The predicted molar refractivity (Wildman–Crippen MR) is 91.3 cm³/mol. The minimum atomic E-state index is -0.473. The molecular weight excluding hydrogens is 337 g/mol. The van der Waals surface area contributed by atoms with E-state index in [1.165, 1.54) is 6.07 Å². The highest BCUT2D eigenvalue weighted by Gasteiger charge is 2.14. The third-order valence-electron chi connectivity index (χ3n) is 2.95. The second-order valence-electron chi connectivity index (χ2n) is 4.72. The van der Waals surface area contributed by atoms with Crippen LogP contribution in [0.3, 0.4) is 0 Å². The van der Waals surface area contributed by atoms with Crippen molar-refractivity contribution in [1.82, 2.24) is 10.3 Å². The summed E-state index contributed by atoms with van der Waals surface area (Å²) in [6, 6.07) is 9.59. The van der Waals surface area contributed by atoms with Gasteiger partial charge in [-0.05, 0) is 30.7 Å². The molecule has 0 atom stereocenters. The molecule has 1 heterocycles. The summed E-state index contributed by atoms with van der Waals surface area (Å²) in [5.41, 5.74) is 0.681. The SMILES string of the molecule is CCCNC(=O)c1cccc(C(=O)Nc2cccc(Cl)c2Cl)n1. The van der Waals surface area contributed by atoms with Crippen LogP contribution in [0.5, 0.6) is 0 Å². The fourth-order valence-corrected chi connectivity index (χ4v) is 2.15. The number of rotatable bonds is 5. The maximum atomic E-state index is 12.3. The summed E-state index contributed by atoms with van der Waals surface area (Å²) < 4.78 is 0. The maximum Gasteiger partial charge on any atom is 0.274 e. The highest BCUT2D eigenvalue weighted by Crippen LogP contribution is 2.29. The van der Waals surface area contributed by atoms with E-state index in [4.69, 9.17) is 23.2 Å². The first-order chi connectivity index (χ1) is 11.0. The lowest BCUT2D eigenvalue weighted by molar-refractivity contribution is 0.0948. The van der Waals surface area contributed by atoms with Gasteiger partial charge in [0.25, 0.3) is 11.8 Å². The zero-order chi connectivity index (χ0) is 16.8. The van der Waals surface area contributed by atoms with E-state index in [-0.39, 0.29) is 22.3 Å². The normalized spacial score (nSPS) is 10.2. The zero-order valence-corrected chi connectivity index (χ0v) is 13.9. The number of aromatic nitrogens is 1. The Labute approximate surface area is 144 Å². The third-order valence-corrected chi connectivity index (χ3v) is 3.77. The lowest BCUT2D eigenvalue weighted by Gasteiger charge is -2.08. The van der Waals surface area contributed by atoms with Crippen LogP contribution in [0.1, 0.15) is 34.3 Å². The fraction of sp³-hybridized carbons (Fsp3) is 0.188. The first kappa shape index (κ1) is 17.2. The van der Waals surface area contributed by atoms with Crippen molar-refractivity contribution in [2.24, 2.45) is 0 Å². The topological polar surface area (TPSA) is 71.1 Å². The Morgan fingerprint density at radius 3 is 2.39 bits per heavy atom. The first-order valence-corrected chi connectivity index (χ1v) is 7.79. The molecule has 2 rings (SSSR count). The van der Waals surface area contributed by atoms with E-state index >= 15 is 0 Å². The molecular formula is C16H15Cl2N3O2. The molecule has 120 valence electrons. The molecule has 0 spiro atoms. The van der Waals surface area contributed by atoms with Crippen LogP contribution in [0.25, 0.3) is 0 Å². The monoisotopic (exact) mass is 351 g/mol. The number of carbonyl (C=O) groups excluding carboxylic acids is 2. The molecule has 1 aromatic heterocycles. The van der Waals surface area contributed by atoms with Crippen molar-refractivity contribution in [3.05, 3.63) is 57.8 Å². The van der Waals surface area contributed by atoms with Crippen molar-refractivity contribution in [3.63, 3.8) is 0 Å². The van der Waals surface area contributed by atoms with E-state index in [0.717, 1.165) is 6.42 Å². The molecule has 0 fully saturated rings. The number of anilines is 1. The first-order valence-electron chi connectivity index (χ1n) is 7.03. The average Bonchev–Trinajstić information content (AvgIpc) is 2.57. The molecule has 2 aromatic rings. The third kappa shape index (κ3) is 4.43. The minimum Gasteiger partial charge on any atom is -0.351 e. The van der Waals surface area contributed by atoms with Crippen LogP contribution in [-0.4, -0.2) is 23.3 Å². The number of hydrogen-bond acceptors (Lipinski definition) is 3. The second-order valence-corrected chi connectivity index (χ2v) is 5.50. The minimum absolute atomic E-state index is 0.116. The largest absolute Gasteiger partial charge is 0.351 e. The number of nitrogens with zero attached hydrogens (tertiary/aromatic N) is 1. The van der Waals surface area contributed by atoms with Crippen molar-refractivity contribution in [1.29, 1.82) is 0 Å². The molecule has 0 saturated carbocycles. The van der Waals surface area contributed by atoms with E-state index in [1.807, 2.05) is 6.92 Å². The van der Waals surface area contributed by atoms with E-state index in [9.17, 15) is 9.59 Å². The van der Waals surface area contributed by atoms with Gasteiger partial charge in [0, 0.05) is 6.54 Å². The van der Waals surface area contributed by atoms with E-state index in [1.54, 1.807) is 30.3 Å². The van der Waals surface area contributed by atoms with Crippen LogP contribution in [0, 0.1) is 0 Å². The van der Waals surface area contributed by atoms with Crippen molar-refractivity contribution < 1.29 is 9.59 Å². The molecule has 0 bridgehead atoms. The Bertz CT molecular complexity index is 735. The summed E-state index contributed by atoms with van der Waals surface area (Å²) in [5, 5.41) is 5.92. The molecule has 0 aliphatic heterocycles. The van der Waals surface area contributed by atoms with Crippen LogP contribution in [0.4, 0.5) is 5.69 Å². The maximum absolute atomic E-state index is 12.3. The molecule has 5 nitrogen and oxygen atoms in total. The summed E-state index contributed by atoms with van der Waals surface area (Å²) in [5.74, 6) is -0.790. The second kappa shape index (κ2) is 7.94. The number of halogens is 2. The van der Waals surface area contributed by atoms with Gasteiger partial charge >= 0.3 is 0 Å². The highest BCUT2D eigenvalue weighted by molar-refractivity contribution is 6.44. The van der Waals surface area contributed by atoms with Crippen LogP contribution in [0.15, 0.2) is 36.4 Å². The Hall–Kier alpha value is -2.11. The quantitative estimate of drug-likeness (QED) is 0.860. The van der Waals surface area contributed by atoms with Crippen molar-refractivity contribution in [2.45, 2.75) is 13.3 Å². The van der Waals surface area contributed by atoms with Gasteiger partial charge in [-0.25, -0.2) is 4.98 Å². The summed E-state index contributed by atoms with van der Waals surface area (Å²) in [7, 11) is 0. The lowest BCUT2D eigenvalue weighted by Crippen LogP contribution is -2.26. The number of benzene rings is 1. The van der Waals surface area contributed by atoms with E-state index < -0.39 is 5.91 Å². The fourth-order valence-electron chi connectivity index (χ4n) is 1.80. The van der Waals surface area contributed by atoms with Gasteiger partial charge in [0.2, 0.25) is 0 Å². The van der Waals surface area contributed by atoms with Crippen LogP contribution >= 0.6 is 23.2 Å². The predicted octanol–water partition coefficient (Wildman–Crippen LogP) is 3.78. The van der Waals surface area contributed by atoms with Gasteiger partial charge in [0.15, 0.2) is 0 Å². The summed E-state index contributed by atoms with van der Waals surface area (Å²) >= 11 is 11.9. The average molecular weight is 352 g/mol. The molecule has 23 heavy (non-hydrogen) atoms. The smallest absolute Gasteiger partial charge is 0.274 e. The van der Waals surface area contributed by atoms with Gasteiger partial charge in [-0.2, -0.15) is 0 Å². The Balaban J connectivity index is 2.16. The number of carbonyl (C=O) groups is 2. The Kier molecular flexibility index (Phi) is 5.96. The number of amides is 2. The molecule has 0 unspecified atom stereocenters. The van der Waals surface area contributed by atoms with Gasteiger partial charge in [0.1, 0.15) is 11.4 Å². The molecule has 0 radical (unpaired) electrons. The standard InChI is InChI=1S/C16H15Cl2N3O2/c1-2-9-19-15(22)12-7-4-8-13(20-12)16(23)21-11-6-3-5-10(17)14(11)18/h3-8H,2,9H2,1H3,(H,19,22)(H,21,23). The lowest BCUT2D eigenvalue weighted by atomic mass is 10.2. The Morgan fingerprint density at radius 2 is 1.70 bits per heavy atom. The molecule has 0 aliphatic rings. The van der Waals surface area contributed by atoms with Gasteiger partial charge in [0.05, 0.1) is 15.7 Å². The number of pyridine rings is 1. The summed E-state index contributed by atoms with van der Waals surface area (Å²) in [4.78, 5) is 28.2. The molecule has 1 aromatic carbocycles. The molecule has 0 aliphatic carbocycles.